The van der Waals surface area contributed by atoms with Crippen molar-refractivity contribution in [3.63, 3.8) is 0 Å². The summed E-state index contributed by atoms with van der Waals surface area (Å²) < 4.78 is 0.787. The number of aryl methyl sites for hydroxylation is 1. The molecule has 2 aromatic rings. The van der Waals surface area contributed by atoms with E-state index in [4.69, 9.17) is 29.6 Å². The highest BCUT2D eigenvalue weighted by atomic mass is 35.5. The van der Waals surface area contributed by atoms with Crippen LogP contribution < -0.4 is 10.6 Å². The van der Waals surface area contributed by atoms with Gasteiger partial charge in [0, 0.05) is 18.1 Å². The molecule has 0 unspecified atom stereocenters. The molecule has 3 nitrogen and oxygen atoms in total. The Morgan fingerprint density at radius 1 is 1.47 bits per heavy atom. The van der Waals surface area contributed by atoms with Crippen molar-refractivity contribution in [3.05, 3.63) is 44.7 Å². The zero-order valence-electron chi connectivity index (χ0n) is 10.7. The van der Waals surface area contributed by atoms with Crippen LogP contribution in [0.4, 0.5) is 5.82 Å². The van der Waals surface area contributed by atoms with Crippen LogP contribution in [0.5, 0.6) is 0 Å². The molecule has 2 N–H and O–H groups in total. The lowest BCUT2D eigenvalue weighted by Gasteiger charge is -2.21. The van der Waals surface area contributed by atoms with Gasteiger partial charge >= 0.3 is 0 Å². The lowest BCUT2D eigenvalue weighted by molar-refractivity contribution is 0.908. The normalized spacial score (nSPS) is 10.5. The van der Waals surface area contributed by atoms with Crippen LogP contribution >= 0.6 is 35.2 Å². The van der Waals surface area contributed by atoms with Gasteiger partial charge in [-0.05, 0) is 30.7 Å². The second kappa shape index (κ2) is 5.86. The first kappa shape index (κ1) is 14.2. The highest BCUT2D eigenvalue weighted by Gasteiger charge is 2.14. The molecule has 6 heteroatoms. The fourth-order valence-corrected chi connectivity index (χ4v) is 3.28. The molecule has 0 radical (unpaired) electrons. The van der Waals surface area contributed by atoms with E-state index in [1.54, 1.807) is 17.5 Å². The van der Waals surface area contributed by atoms with Gasteiger partial charge in [0.2, 0.25) is 0 Å². The average Bonchev–Trinajstić information content (AvgIpc) is 2.73. The third-order valence-electron chi connectivity index (χ3n) is 2.77. The largest absolute Gasteiger partial charge is 0.389 e. The lowest BCUT2D eigenvalue weighted by atomic mass is 10.1. The Morgan fingerprint density at radius 2 is 2.21 bits per heavy atom. The van der Waals surface area contributed by atoms with Gasteiger partial charge in [0.05, 0.1) is 16.4 Å². The smallest absolute Gasteiger partial charge is 0.139 e. The van der Waals surface area contributed by atoms with E-state index in [9.17, 15) is 0 Å². The van der Waals surface area contributed by atoms with Crippen LogP contribution in [-0.4, -0.2) is 17.0 Å². The molecule has 19 heavy (non-hydrogen) atoms. The lowest BCUT2D eigenvalue weighted by Crippen LogP contribution is -2.23. The van der Waals surface area contributed by atoms with Crippen molar-refractivity contribution in [2.24, 2.45) is 5.73 Å². The van der Waals surface area contributed by atoms with E-state index in [-0.39, 0.29) is 0 Å². The Hall–Kier alpha value is -1.17. The van der Waals surface area contributed by atoms with Crippen molar-refractivity contribution in [1.82, 2.24) is 4.98 Å². The first-order valence-corrected chi connectivity index (χ1v) is 7.30. The summed E-state index contributed by atoms with van der Waals surface area (Å²) in [7, 11) is 1.97. The maximum atomic E-state index is 5.94. The van der Waals surface area contributed by atoms with Gasteiger partial charge in [0.25, 0.3) is 0 Å². The second-order valence-electron chi connectivity index (χ2n) is 4.25. The molecule has 0 saturated heterocycles. The quantitative estimate of drug-likeness (QED) is 0.879. The summed E-state index contributed by atoms with van der Waals surface area (Å²) >= 11 is 12.6. The summed E-state index contributed by atoms with van der Waals surface area (Å²) in [5.74, 6) is 0.803. The molecule has 0 aromatic carbocycles. The summed E-state index contributed by atoms with van der Waals surface area (Å²) in [6, 6.07) is 5.82. The predicted octanol–water partition coefficient (Wildman–Crippen LogP) is 3.38. The number of hydrogen-bond donors (Lipinski definition) is 1. The van der Waals surface area contributed by atoms with Crippen molar-refractivity contribution in [2.75, 3.05) is 11.9 Å². The Bertz CT molecular complexity index is 610. The predicted molar refractivity (Wildman–Crippen MR) is 86.3 cm³/mol. The van der Waals surface area contributed by atoms with Gasteiger partial charge in [0.15, 0.2) is 0 Å². The molecule has 0 aliphatic rings. The SMILES string of the molecule is Cc1ccnc(N(C)Cc2ccc(Cl)s2)c1C(N)=S. The number of thiocarbonyl (C=S) groups is 1. The fourth-order valence-electron chi connectivity index (χ4n) is 1.88. The third kappa shape index (κ3) is 3.23. The van der Waals surface area contributed by atoms with E-state index < -0.39 is 0 Å². The van der Waals surface area contributed by atoms with Crippen LogP contribution in [0.25, 0.3) is 0 Å². The third-order valence-corrected chi connectivity index (χ3v) is 4.19. The minimum absolute atomic E-state index is 0.372. The van der Waals surface area contributed by atoms with Gasteiger partial charge in [-0.2, -0.15) is 0 Å². The van der Waals surface area contributed by atoms with Crippen molar-refractivity contribution in [2.45, 2.75) is 13.5 Å². The molecule has 2 rings (SSSR count). The summed E-state index contributed by atoms with van der Waals surface area (Å²) in [5.41, 5.74) is 7.67. The number of rotatable bonds is 4. The molecule has 2 aromatic heterocycles. The van der Waals surface area contributed by atoms with Crippen LogP contribution in [0.15, 0.2) is 24.4 Å². The number of hydrogen-bond acceptors (Lipinski definition) is 4. The van der Waals surface area contributed by atoms with Crippen molar-refractivity contribution in [1.29, 1.82) is 0 Å². The summed E-state index contributed by atoms with van der Waals surface area (Å²) in [6.07, 6.45) is 1.77. The summed E-state index contributed by atoms with van der Waals surface area (Å²) in [5, 5.41) is 0. The van der Waals surface area contributed by atoms with Crippen LogP contribution in [0.3, 0.4) is 0 Å². The molecular weight excluding hydrogens is 298 g/mol. The molecular formula is C13H14ClN3S2. The molecule has 0 aliphatic carbocycles. The van der Waals surface area contributed by atoms with Gasteiger partial charge in [-0.25, -0.2) is 4.98 Å². The Balaban J connectivity index is 2.31. The van der Waals surface area contributed by atoms with Crippen LogP contribution in [-0.2, 0) is 6.54 Å². The Kier molecular flexibility index (Phi) is 4.39. The zero-order chi connectivity index (χ0) is 14.0. The number of nitrogens with two attached hydrogens (primary N) is 1. The molecule has 0 aliphatic heterocycles. The fraction of sp³-hybridized carbons (Fsp3) is 0.231. The summed E-state index contributed by atoms with van der Waals surface area (Å²) in [4.78, 5) is 7.97. The molecule has 0 atom stereocenters. The molecule has 0 spiro atoms. The van der Waals surface area contributed by atoms with Gasteiger partial charge in [-0.1, -0.05) is 23.8 Å². The highest BCUT2D eigenvalue weighted by molar-refractivity contribution is 7.80. The van der Waals surface area contributed by atoms with Gasteiger partial charge < -0.3 is 10.6 Å². The number of aromatic nitrogens is 1. The first-order chi connectivity index (χ1) is 8.99. The number of nitrogens with zero attached hydrogens (tertiary/aromatic N) is 2. The standard InChI is InChI=1S/C13H14ClN3S2/c1-8-5-6-16-13(11(8)12(15)18)17(2)7-9-3-4-10(14)19-9/h3-6H,7H2,1-2H3,(H2,15,18). The maximum Gasteiger partial charge on any atom is 0.139 e. The first-order valence-electron chi connectivity index (χ1n) is 5.70. The molecule has 100 valence electrons. The number of thiophene rings is 1. The highest BCUT2D eigenvalue weighted by Crippen LogP contribution is 2.26. The number of halogens is 1. The maximum absolute atomic E-state index is 5.94. The number of anilines is 1. The van der Waals surface area contributed by atoms with Crippen molar-refractivity contribution >= 4 is 46.0 Å². The summed E-state index contributed by atoms with van der Waals surface area (Å²) in [6.45, 7) is 2.71. The van der Waals surface area contributed by atoms with E-state index in [1.165, 1.54) is 4.88 Å². The van der Waals surface area contributed by atoms with Gasteiger partial charge in [-0.15, -0.1) is 11.3 Å². The van der Waals surface area contributed by atoms with E-state index in [2.05, 4.69) is 4.98 Å². The Labute approximate surface area is 127 Å². The topological polar surface area (TPSA) is 42.2 Å². The zero-order valence-corrected chi connectivity index (χ0v) is 13.1. The molecule has 0 fully saturated rings. The molecule has 0 amide bonds. The van der Waals surface area contributed by atoms with E-state index >= 15 is 0 Å². The van der Waals surface area contributed by atoms with Crippen LogP contribution in [0.1, 0.15) is 16.0 Å². The van der Waals surface area contributed by atoms with Crippen molar-refractivity contribution < 1.29 is 0 Å². The second-order valence-corrected chi connectivity index (χ2v) is 6.49. The minimum Gasteiger partial charge on any atom is -0.389 e. The van der Waals surface area contributed by atoms with Crippen molar-refractivity contribution in [3.8, 4) is 0 Å². The number of pyridine rings is 1. The van der Waals surface area contributed by atoms with E-state index in [0.717, 1.165) is 27.8 Å². The van der Waals surface area contributed by atoms with E-state index in [0.29, 0.717) is 4.99 Å². The van der Waals surface area contributed by atoms with E-state index in [1.807, 2.05) is 37.1 Å². The van der Waals surface area contributed by atoms with Gasteiger partial charge in [0.1, 0.15) is 10.8 Å². The van der Waals surface area contributed by atoms with Crippen LogP contribution in [0, 0.1) is 6.92 Å². The van der Waals surface area contributed by atoms with Gasteiger partial charge in [-0.3, -0.25) is 0 Å². The minimum atomic E-state index is 0.372. The molecule has 0 saturated carbocycles. The molecule has 2 heterocycles. The average molecular weight is 312 g/mol. The molecule has 0 bridgehead atoms. The monoisotopic (exact) mass is 311 g/mol. The Morgan fingerprint density at radius 3 is 2.79 bits per heavy atom. The van der Waals surface area contributed by atoms with Crippen LogP contribution in [0.2, 0.25) is 4.34 Å².